The molecular formula is C10H13Cl2NO4. The lowest BCUT2D eigenvalue weighted by Gasteiger charge is -2.19. The number of rotatable bonds is 5. The first-order valence-electron chi connectivity index (χ1n) is 4.59. The second-order valence-corrected chi connectivity index (χ2v) is 3.78. The fourth-order valence-electron chi connectivity index (χ4n) is 1.44. The van der Waals surface area contributed by atoms with Crippen molar-refractivity contribution < 1.29 is 18.9 Å². The summed E-state index contributed by atoms with van der Waals surface area (Å²) in [5.74, 6) is 1.56. The van der Waals surface area contributed by atoms with Crippen molar-refractivity contribution in [3.63, 3.8) is 0 Å². The van der Waals surface area contributed by atoms with Crippen LogP contribution in [0.15, 0.2) is 6.07 Å². The third kappa shape index (κ3) is 2.56. The van der Waals surface area contributed by atoms with Crippen molar-refractivity contribution in [1.82, 2.24) is 0 Å². The zero-order valence-corrected chi connectivity index (χ0v) is 11.4. The zero-order chi connectivity index (χ0) is 13.0. The highest BCUT2D eigenvalue weighted by Crippen LogP contribution is 2.50. The summed E-state index contributed by atoms with van der Waals surface area (Å²) in [7, 11) is 5.96. The molecule has 17 heavy (non-hydrogen) atoms. The summed E-state index contributed by atoms with van der Waals surface area (Å²) < 4.78 is 21.6. The summed E-state index contributed by atoms with van der Waals surface area (Å²) in [6.07, 6.45) is 0. The number of hydrogen-bond acceptors (Lipinski definition) is 5. The lowest BCUT2D eigenvalue weighted by molar-refractivity contribution is 0.306. The normalized spacial score (nSPS) is 9.76. The van der Waals surface area contributed by atoms with Gasteiger partial charge in [-0.2, -0.15) is 3.94 Å². The van der Waals surface area contributed by atoms with Crippen molar-refractivity contribution >= 4 is 29.2 Å². The lowest BCUT2D eigenvalue weighted by Crippen LogP contribution is -2.02. The molecule has 0 atom stereocenters. The molecule has 7 heteroatoms. The molecule has 0 bridgehead atoms. The van der Waals surface area contributed by atoms with Gasteiger partial charge in [0.05, 0.1) is 28.4 Å². The maximum atomic E-state index is 5.71. The van der Waals surface area contributed by atoms with Crippen LogP contribution in [0.5, 0.6) is 23.0 Å². The first-order chi connectivity index (χ1) is 8.10. The first kappa shape index (κ1) is 13.9. The third-order valence-corrected chi connectivity index (χ3v) is 2.52. The van der Waals surface area contributed by atoms with Crippen molar-refractivity contribution in [2.45, 2.75) is 0 Å². The summed E-state index contributed by atoms with van der Waals surface area (Å²) in [4.78, 5) is 0. The van der Waals surface area contributed by atoms with Crippen molar-refractivity contribution in [3.05, 3.63) is 6.07 Å². The Hall–Kier alpha value is -1.20. The summed E-state index contributed by atoms with van der Waals surface area (Å²) in [5.41, 5.74) is 0.394. The van der Waals surface area contributed by atoms with E-state index in [1.807, 2.05) is 0 Å². The van der Waals surface area contributed by atoms with Gasteiger partial charge < -0.3 is 18.9 Å². The molecule has 1 aromatic carbocycles. The molecule has 0 heterocycles. The molecule has 0 aliphatic rings. The van der Waals surface area contributed by atoms with E-state index in [4.69, 9.17) is 42.5 Å². The molecule has 0 radical (unpaired) electrons. The van der Waals surface area contributed by atoms with E-state index in [0.29, 0.717) is 28.7 Å². The van der Waals surface area contributed by atoms with Crippen LogP contribution in [0.1, 0.15) is 0 Å². The molecule has 0 aliphatic carbocycles. The van der Waals surface area contributed by atoms with Gasteiger partial charge >= 0.3 is 0 Å². The highest BCUT2D eigenvalue weighted by Gasteiger charge is 2.23. The molecule has 1 rings (SSSR count). The molecule has 0 spiro atoms. The predicted octanol–water partition coefficient (Wildman–Crippen LogP) is 2.84. The molecule has 0 aliphatic heterocycles. The molecule has 0 saturated heterocycles. The average molecular weight is 282 g/mol. The Morgan fingerprint density at radius 3 is 1.71 bits per heavy atom. The number of halogens is 2. The Kier molecular flexibility index (Phi) is 4.84. The van der Waals surface area contributed by atoms with Crippen LogP contribution in [-0.2, 0) is 0 Å². The number of hydrogen-bond donors (Lipinski definition) is 0. The van der Waals surface area contributed by atoms with Gasteiger partial charge in [0.25, 0.3) is 0 Å². The van der Waals surface area contributed by atoms with Gasteiger partial charge in [-0.15, -0.1) is 0 Å². The maximum absolute atomic E-state index is 5.71. The summed E-state index contributed by atoms with van der Waals surface area (Å²) in [6, 6.07) is 1.58. The van der Waals surface area contributed by atoms with Gasteiger partial charge in [-0.3, -0.25) is 0 Å². The number of benzene rings is 1. The minimum absolute atomic E-state index is 0.357. The van der Waals surface area contributed by atoms with Gasteiger partial charge in [0.2, 0.25) is 11.5 Å². The highest BCUT2D eigenvalue weighted by atomic mass is 35.5. The van der Waals surface area contributed by atoms with Crippen molar-refractivity contribution in [2.75, 3.05) is 32.4 Å². The Morgan fingerprint density at radius 1 is 0.824 bits per heavy atom. The summed E-state index contributed by atoms with van der Waals surface area (Å²) >= 11 is 11.4. The number of methoxy groups -OCH3 is 4. The van der Waals surface area contributed by atoms with E-state index in [1.165, 1.54) is 28.4 Å². The smallest absolute Gasteiger partial charge is 0.209 e. The minimum atomic E-state index is 0.357. The fraction of sp³-hybridized carbons (Fsp3) is 0.400. The molecule has 96 valence electrons. The summed E-state index contributed by atoms with van der Waals surface area (Å²) in [6.45, 7) is 0. The van der Waals surface area contributed by atoms with Crippen LogP contribution in [0.3, 0.4) is 0 Å². The van der Waals surface area contributed by atoms with Gasteiger partial charge in [0.15, 0.2) is 11.5 Å². The van der Waals surface area contributed by atoms with Crippen molar-refractivity contribution in [1.29, 1.82) is 0 Å². The van der Waals surface area contributed by atoms with E-state index >= 15 is 0 Å². The number of anilines is 1. The van der Waals surface area contributed by atoms with Gasteiger partial charge in [0, 0.05) is 29.6 Å². The van der Waals surface area contributed by atoms with E-state index in [-0.39, 0.29) is 0 Å². The van der Waals surface area contributed by atoms with Crippen LogP contribution in [0, 0.1) is 0 Å². The topological polar surface area (TPSA) is 40.2 Å². The Balaban J connectivity index is 3.54. The molecule has 0 fully saturated rings. The predicted molar refractivity (Wildman–Crippen MR) is 66.8 cm³/mol. The minimum Gasteiger partial charge on any atom is -0.493 e. The van der Waals surface area contributed by atoms with E-state index in [2.05, 4.69) is 0 Å². The van der Waals surface area contributed by atoms with Crippen molar-refractivity contribution in [2.24, 2.45) is 0 Å². The Morgan fingerprint density at radius 2 is 1.35 bits per heavy atom. The largest absolute Gasteiger partial charge is 0.493 e. The number of ether oxygens (including phenoxy) is 4. The Bertz CT molecular complexity index is 398. The fourth-order valence-corrected chi connectivity index (χ4v) is 1.69. The molecular weight excluding hydrogens is 269 g/mol. The van der Waals surface area contributed by atoms with Gasteiger partial charge in [-0.25, -0.2) is 0 Å². The molecule has 0 aromatic heterocycles. The molecule has 5 nitrogen and oxygen atoms in total. The Labute approximate surface area is 110 Å². The molecule has 0 saturated carbocycles. The molecule has 1 aromatic rings. The van der Waals surface area contributed by atoms with E-state index in [9.17, 15) is 0 Å². The number of nitrogens with zero attached hydrogens (tertiary/aromatic N) is 1. The van der Waals surface area contributed by atoms with Crippen LogP contribution in [-0.4, -0.2) is 28.4 Å². The van der Waals surface area contributed by atoms with Gasteiger partial charge in [-0.1, -0.05) is 0 Å². The standard InChI is InChI=1S/C10H13Cl2NO4/c1-14-7-5-6(13(11)12)8(15-2)10(17-4)9(7)16-3/h5H,1-4H3. The van der Waals surface area contributed by atoms with Crippen LogP contribution < -0.4 is 22.9 Å². The van der Waals surface area contributed by atoms with Gasteiger partial charge in [0.1, 0.15) is 5.69 Å². The van der Waals surface area contributed by atoms with Crippen LogP contribution in [0.4, 0.5) is 5.69 Å². The third-order valence-electron chi connectivity index (χ3n) is 2.15. The highest BCUT2D eigenvalue weighted by molar-refractivity contribution is 6.49. The van der Waals surface area contributed by atoms with Crippen LogP contribution in [0.2, 0.25) is 0 Å². The average Bonchev–Trinajstić information content (AvgIpc) is 2.35. The van der Waals surface area contributed by atoms with Gasteiger partial charge in [-0.05, 0) is 0 Å². The van der Waals surface area contributed by atoms with E-state index in [1.54, 1.807) is 6.07 Å². The van der Waals surface area contributed by atoms with Crippen LogP contribution in [0.25, 0.3) is 0 Å². The summed E-state index contributed by atoms with van der Waals surface area (Å²) in [5, 5.41) is 0. The second kappa shape index (κ2) is 5.93. The maximum Gasteiger partial charge on any atom is 0.209 e. The molecule has 0 N–H and O–H groups in total. The molecule has 0 unspecified atom stereocenters. The SMILES string of the molecule is COc1cc(N(Cl)Cl)c(OC)c(OC)c1OC. The monoisotopic (exact) mass is 281 g/mol. The first-order valence-corrected chi connectivity index (χ1v) is 5.26. The lowest BCUT2D eigenvalue weighted by atomic mass is 10.2. The molecule has 0 amide bonds. The van der Waals surface area contributed by atoms with E-state index in [0.717, 1.165) is 3.94 Å². The van der Waals surface area contributed by atoms with Crippen LogP contribution >= 0.6 is 23.6 Å². The zero-order valence-electron chi connectivity index (χ0n) is 9.91. The van der Waals surface area contributed by atoms with E-state index < -0.39 is 0 Å². The van der Waals surface area contributed by atoms with Crippen molar-refractivity contribution in [3.8, 4) is 23.0 Å². The second-order valence-electron chi connectivity index (χ2n) is 2.93. The quantitative estimate of drug-likeness (QED) is 0.777.